The maximum atomic E-state index is 3.51. The van der Waals surface area contributed by atoms with Gasteiger partial charge in [0, 0.05) is 12.1 Å². The third kappa shape index (κ3) is 14.6. The molecule has 0 heterocycles. The van der Waals surface area contributed by atoms with Crippen molar-refractivity contribution < 1.29 is 0 Å². The molecule has 0 aromatic heterocycles. The monoisotopic (exact) mass is 366 g/mol. The van der Waals surface area contributed by atoms with Crippen LogP contribution in [0.4, 0.5) is 0 Å². The fraction of sp³-hybridized carbons (Fsp3) is 0.909. The molecule has 0 radical (unpaired) electrons. The molecule has 0 amide bonds. The minimum atomic E-state index is 0.548. The Kier molecular flexibility index (Phi) is 17.4. The van der Waals surface area contributed by atoms with Crippen LogP contribution in [0.15, 0.2) is 0 Å². The van der Waals surface area contributed by atoms with Gasteiger partial charge in [0.15, 0.2) is 0 Å². The number of rotatable bonds is 16. The van der Waals surface area contributed by atoms with Crippen molar-refractivity contribution in [3.8, 4) is 11.8 Å². The molecular weight excluding hydrogens is 320 g/mol. The van der Waals surface area contributed by atoms with Crippen LogP contribution in [0.5, 0.6) is 0 Å². The molecule has 0 unspecified atom stereocenters. The molecule has 2 atom stereocenters. The van der Waals surface area contributed by atoms with Gasteiger partial charge < -0.3 is 20.4 Å². The van der Waals surface area contributed by atoms with E-state index in [1.807, 2.05) is 0 Å². The molecule has 0 rings (SSSR count). The van der Waals surface area contributed by atoms with Crippen molar-refractivity contribution in [3.63, 3.8) is 0 Å². The normalized spacial score (nSPS) is 13.7. The van der Waals surface area contributed by atoms with Crippen molar-refractivity contribution in [1.29, 1.82) is 0 Å². The molecule has 0 aliphatic rings. The van der Waals surface area contributed by atoms with E-state index in [0.717, 1.165) is 39.3 Å². The Bertz CT molecular complexity index is 321. The smallest absolute Gasteiger partial charge is 0.0579 e. The standard InChI is InChI=1S/C22H46N4/c1-7-25(8-2)19-13-15-21(5)23-17-11-12-18-24-22(6)16-14-20-26(9-3)10-4/h21-24H,7-10,13-20H2,1-6H3/t21-,22-/m1/s1. The Morgan fingerprint density at radius 3 is 1.31 bits per heavy atom. The van der Waals surface area contributed by atoms with E-state index in [1.165, 1.54) is 38.8 Å². The van der Waals surface area contributed by atoms with Gasteiger partial charge in [-0.15, -0.1) is 0 Å². The van der Waals surface area contributed by atoms with Crippen molar-refractivity contribution in [2.75, 3.05) is 52.4 Å². The highest BCUT2D eigenvalue weighted by Crippen LogP contribution is 2.00. The van der Waals surface area contributed by atoms with Gasteiger partial charge >= 0.3 is 0 Å². The lowest BCUT2D eigenvalue weighted by Crippen LogP contribution is -2.30. The van der Waals surface area contributed by atoms with Gasteiger partial charge in [0.25, 0.3) is 0 Å². The van der Waals surface area contributed by atoms with Gasteiger partial charge in [-0.3, -0.25) is 0 Å². The van der Waals surface area contributed by atoms with Crippen molar-refractivity contribution >= 4 is 0 Å². The van der Waals surface area contributed by atoms with E-state index in [-0.39, 0.29) is 0 Å². The summed E-state index contributed by atoms with van der Waals surface area (Å²) in [6.07, 6.45) is 4.96. The molecule has 0 aliphatic carbocycles. The Balaban J connectivity index is 3.63. The molecule has 4 heteroatoms. The quantitative estimate of drug-likeness (QED) is 0.411. The molecule has 0 aromatic carbocycles. The van der Waals surface area contributed by atoms with Gasteiger partial charge in [0.05, 0.1) is 13.1 Å². The number of nitrogens with zero attached hydrogens (tertiary/aromatic N) is 2. The highest BCUT2D eigenvalue weighted by atomic mass is 15.1. The minimum Gasteiger partial charge on any atom is -0.304 e. The van der Waals surface area contributed by atoms with E-state index in [1.54, 1.807) is 0 Å². The average molecular weight is 367 g/mol. The predicted molar refractivity (Wildman–Crippen MR) is 117 cm³/mol. The molecule has 0 bridgehead atoms. The van der Waals surface area contributed by atoms with Crippen molar-refractivity contribution in [3.05, 3.63) is 0 Å². The zero-order valence-electron chi connectivity index (χ0n) is 18.5. The fourth-order valence-corrected chi connectivity index (χ4v) is 3.10. The summed E-state index contributed by atoms with van der Waals surface area (Å²) in [4.78, 5) is 4.97. The second-order valence-electron chi connectivity index (χ2n) is 7.26. The van der Waals surface area contributed by atoms with E-state index in [9.17, 15) is 0 Å². The molecule has 2 N–H and O–H groups in total. The van der Waals surface area contributed by atoms with Gasteiger partial charge in [-0.25, -0.2) is 0 Å². The second kappa shape index (κ2) is 17.8. The SMILES string of the molecule is CCN(CC)CCC[C@@H](C)NCC#CCN[C@H](C)CCCN(CC)CC. The Morgan fingerprint density at radius 2 is 1.00 bits per heavy atom. The summed E-state index contributed by atoms with van der Waals surface area (Å²) in [6.45, 7) is 22.1. The van der Waals surface area contributed by atoms with Crippen molar-refractivity contribution in [1.82, 2.24) is 20.4 Å². The van der Waals surface area contributed by atoms with Crippen LogP contribution in [0, 0.1) is 11.8 Å². The maximum absolute atomic E-state index is 3.51. The molecule has 4 nitrogen and oxygen atoms in total. The van der Waals surface area contributed by atoms with E-state index >= 15 is 0 Å². The third-order valence-corrected chi connectivity index (χ3v) is 5.21. The summed E-state index contributed by atoms with van der Waals surface area (Å²) >= 11 is 0. The Labute approximate surface area is 164 Å². The van der Waals surface area contributed by atoms with Gasteiger partial charge in [-0.05, 0) is 78.8 Å². The predicted octanol–water partition coefficient (Wildman–Crippen LogP) is 3.19. The van der Waals surface area contributed by atoms with Gasteiger partial charge in [-0.2, -0.15) is 0 Å². The van der Waals surface area contributed by atoms with Crippen LogP contribution in [-0.2, 0) is 0 Å². The molecular formula is C22H46N4. The molecule has 0 aromatic rings. The number of nitrogens with one attached hydrogen (secondary N) is 2. The van der Waals surface area contributed by atoms with Crippen molar-refractivity contribution in [2.24, 2.45) is 0 Å². The molecule has 154 valence electrons. The highest BCUT2D eigenvalue weighted by molar-refractivity contribution is 5.03. The topological polar surface area (TPSA) is 30.5 Å². The third-order valence-electron chi connectivity index (χ3n) is 5.21. The summed E-state index contributed by atoms with van der Waals surface area (Å²) in [7, 11) is 0. The zero-order chi connectivity index (χ0) is 19.6. The minimum absolute atomic E-state index is 0.548. The molecule has 26 heavy (non-hydrogen) atoms. The highest BCUT2D eigenvalue weighted by Gasteiger charge is 2.04. The van der Waals surface area contributed by atoms with E-state index in [0.29, 0.717) is 12.1 Å². The van der Waals surface area contributed by atoms with Crippen LogP contribution in [-0.4, -0.2) is 74.2 Å². The first-order valence-electron chi connectivity index (χ1n) is 10.9. The van der Waals surface area contributed by atoms with Crippen LogP contribution >= 0.6 is 0 Å². The first-order valence-corrected chi connectivity index (χ1v) is 10.9. The fourth-order valence-electron chi connectivity index (χ4n) is 3.10. The summed E-state index contributed by atoms with van der Waals surface area (Å²) in [5.41, 5.74) is 0. The molecule has 0 saturated heterocycles. The van der Waals surface area contributed by atoms with E-state index in [4.69, 9.17) is 0 Å². The lowest BCUT2D eigenvalue weighted by atomic mass is 10.1. The Hall–Kier alpha value is -0.600. The lowest BCUT2D eigenvalue weighted by molar-refractivity contribution is 0.291. The van der Waals surface area contributed by atoms with Gasteiger partial charge in [0.2, 0.25) is 0 Å². The van der Waals surface area contributed by atoms with Crippen LogP contribution in [0.1, 0.15) is 67.2 Å². The number of hydrogen-bond acceptors (Lipinski definition) is 4. The second-order valence-corrected chi connectivity index (χ2v) is 7.26. The maximum Gasteiger partial charge on any atom is 0.0579 e. The summed E-state index contributed by atoms with van der Waals surface area (Å²) in [6, 6.07) is 1.10. The lowest BCUT2D eigenvalue weighted by Gasteiger charge is -2.19. The summed E-state index contributed by atoms with van der Waals surface area (Å²) in [5.74, 6) is 6.49. The average Bonchev–Trinajstić information content (AvgIpc) is 2.65. The van der Waals surface area contributed by atoms with Crippen LogP contribution in [0.3, 0.4) is 0 Å². The van der Waals surface area contributed by atoms with Crippen molar-refractivity contribution in [2.45, 2.75) is 79.3 Å². The number of hydrogen-bond donors (Lipinski definition) is 2. The molecule has 0 saturated carbocycles. The summed E-state index contributed by atoms with van der Waals surface area (Å²) < 4.78 is 0. The Morgan fingerprint density at radius 1 is 0.654 bits per heavy atom. The van der Waals surface area contributed by atoms with Crippen LogP contribution in [0.25, 0.3) is 0 Å². The van der Waals surface area contributed by atoms with Gasteiger partial charge in [-0.1, -0.05) is 39.5 Å². The summed E-state index contributed by atoms with van der Waals surface area (Å²) in [5, 5.41) is 7.03. The molecule has 0 aliphatic heterocycles. The zero-order valence-corrected chi connectivity index (χ0v) is 18.5. The van der Waals surface area contributed by atoms with Crippen LogP contribution in [0.2, 0.25) is 0 Å². The molecule has 0 fully saturated rings. The first-order chi connectivity index (χ1) is 12.6. The van der Waals surface area contributed by atoms with E-state index < -0.39 is 0 Å². The van der Waals surface area contributed by atoms with Crippen LogP contribution < -0.4 is 10.6 Å². The largest absolute Gasteiger partial charge is 0.304 e. The van der Waals surface area contributed by atoms with Gasteiger partial charge in [0.1, 0.15) is 0 Å². The first kappa shape index (κ1) is 25.4. The van der Waals surface area contributed by atoms with E-state index in [2.05, 4.69) is 73.8 Å². The molecule has 0 spiro atoms.